The van der Waals surface area contributed by atoms with Gasteiger partial charge in [-0.1, -0.05) is 13.0 Å². The molecule has 0 aliphatic carbocycles. The molecular weight excluding hydrogens is 276 g/mol. The second-order valence-corrected chi connectivity index (χ2v) is 5.76. The molecule has 0 aliphatic rings. The number of carbonyl (C=O) groups is 1. The van der Waals surface area contributed by atoms with Crippen molar-refractivity contribution in [3.63, 3.8) is 0 Å². The van der Waals surface area contributed by atoms with E-state index >= 15 is 0 Å². The summed E-state index contributed by atoms with van der Waals surface area (Å²) in [6.07, 6.45) is 0.293. The van der Waals surface area contributed by atoms with Gasteiger partial charge in [-0.25, -0.2) is 4.68 Å². The normalized spacial score (nSPS) is 12.3. The average Bonchev–Trinajstić information content (AvgIpc) is 2.76. The highest BCUT2D eigenvalue weighted by Gasteiger charge is 2.22. The molecule has 118 valence electrons. The van der Waals surface area contributed by atoms with Gasteiger partial charge in [-0.2, -0.15) is 5.10 Å². The van der Waals surface area contributed by atoms with Crippen LogP contribution < -0.4 is 4.74 Å². The molecule has 1 heterocycles. The van der Waals surface area contributed by atoms with Crippen molar-refractivity contribution in [3.8, 4) is 5.75 Å². The van der Waals surface area contributed by atoms with Crippen LogP contribution in [-0.2, 0) is 6.42 Å². The van der Waals surface area contributed by atoms with Gasteiger partial charge in [0.15, 0.2) is 6.10 Å². The van der Waals surface area contributed by atoms with Gasteiger partial charge in [0.1, 0.15) is 5.75 Å². The van der Waals surface area contributed by atoms with Gasteiger partial charge >= 0.3 is 0 Å². The Hall–Kier alpha value is -2.10. The molecule has 2 aromatic rings. The summed E-state index contributed by atoms with van der Waals surface area (Å²) in [5, 5.41) is 4.36. The van der Waals surface area contributed by atoms with Gasteiger partial charge in [-0.3, -0.25) is 4.79 Å². The van der Waals surface area contributed by atoms with Crippen molar-refractivity contribution in [2.45, 2.75) is 54.1 Å². The van der Waals surface area contributed by atoms with Crippen molar-refractivity contribution in [1.29, 1.82) is 0 Å². The summed E-state index contributed by atoms with van der Waals surface area (Å²) in [4.78, 5) is 12.6. The molecule has 2 rings (SSSR count). The summed E-state index contributed by atoms with van der Waals surface area (Å²) in [7, 11) is 0. The molecule has 1 aromatic heterocycles. The smallest absolute Gasteiger partial charge is 0.287 e. The molecule has 4 nitrogen and oxygen atoms in total. The summed E-state index contributed by atoms with van der Waals surface area (Å²) in [5.74, 6) is 0.569. The quantitative estimate of drug-likeness (QED) is 0.863. The van der Waals surface area contributed by atoms with Crippen molar-refractivity contribution in [2.24, 2.45) is 0 Å². The lowest BCUT2D eigenvalue weighted by atomic mass is 10.1. The lowest BCUT2D eigenvalue weighted by molar-refractivity contribution is 0.0707. The standard InChI is InChI=1S/C18H24N2O2/c1-7-17-13(4)19-20(14(17)5)18(21)15(6)22-16-9-8-11(2)12(3)10-16/h8-10,15H,7H2,1-6H3. The lowest BCUT2D eigenvalue weighted by Crippen LogP contribution is -2.31. The lowest BCUT2D eigenvalue weighted by Gasteiger charge is -2.15. The molecule has 0 spiro atoms. The first-order valence-corrected chi connectivity index (χ1v) is 7.68. The molecule has 0 bridgehead atoms. The molecule has 22 heavy (non-hydrogen) atoms. The Morgan fingerprint density at radius 2 is 1.91 bits per heavy atom. The summed E-state index contributed by atoms with van der Waals surface area (Å²) < 4.78 is 7.27. The first kappa shape index (κ1) is 16.3. The zero-order valence-corrected chi connectivity index (χ0v) is 14.2. The molecule has 0 saturated carbocycles. The number of ether oxygens (including phenoxy) is 1. The predicted octanol–water partition coefficient (Wildman–Crippen LogP) is 3.79. The van der Waals surface area contributed by atoms with Gasteiger partial charge in [-0.15, -0.1) is 0 Å². The number of rotatable bonds is 4. The van der Waals surface area contributed by atoms with E-state index < -0.39 is 6.10 Å². The Balaban J connectivity index is 2.20. The number of benzene rings is 1. The van der Waals surface area contributed by atoms with E-state index in [9.17, 15) is 4.79 Å². The van der Waals surface area contributed by atoms with Gasteiger partial charge in [0, 0.05) is 5.69 Å². The Labute approximate surface area is 132 Å². The maximum atomic E-state index is 12.6. The van der Waals surface area contributed by atoms with E-state index in [1.54, 1.807) is 6.92 Å². The Kier molecular flexibility index (Phi) is 4.69. The number of carbonyl (C=O) groups excluding carboxylic acids is 1. The van der Waals surface area contributed by atoms with E-state index in [0.717, 1.165) is 28.9 Å². The molecular formula is C18H24N2O2. The molecule has 0 saturated heterocycles. The van der Waals surface area contributed by atoms with Crippen LogP contribution in [0.25, 0.3) is 0 Å². The molecule has 0 radical (unpaired) electrons. The van der Waals surface area contributed by atoms with Crippen molar-refractivity contribution in [3.05, 3.63) is 46.3 Å². The van der Waals surface area contributed by atoms with E-state index in [1.807, 2.05) is 39.0 Å². The summed E-state index contributed by atoms with van der Waals surface area (Å²) in [6, 6.07) is 5.85. The highest BCUT2D eigenvalue weighted by Crippen LogP contribution is 2.19. The SMILES string of the molecule is CCc1c(C)nn(C(=O)C(C)Oc2ccc(C)c(C)c2)c1C. The fraction of sp³-hybridized carbons (Fsp3) is 0.444. The van der Waals surface area contributed by atoms with Crippen molar-refractivity contribution < 1.29 is 9.53 Å². The topological polar surface area (TPSA) is 44.1 Å². The van der Waals surface area contributed by atoms with Crippen molar-refractivity contribution in [2.75, 3.05) is 0 Å². The zero-order chi connectivity index (χ0) is 16.4. The second-order valence-electron chi connectivity index (χ2n) is 5.76. The van der Waals surface area contributed by atoms with Crippen LogP contribution >= 0.6 is 0 Å². The number of nitrogens with zero attached hydrogens (tertiary/aromatic N) is 2. The van der Waals surface area contributed by atoms with Crippen LogP contribution in [0.5, 0.6) is 5.75 Å². The van der Waals surface area contributed by atoms with Crippen LogP contribution in [-0.4, -0.2) is 21.8 Å². The maximum Gasteiger partial charge on any atom is 0.287 e. The first-order chi connectivity index (χ1) is 10.3. The van der Waals surface area contributed by atoms with Crippen LogP contribution in [0.1, 0.15) is 46.7 Å². The fourth-order valence-corrected chi connectivity index (χ4v) is 2.62. The maximum absolute atomic E-state index is 12.6. The van der Waals surface area contributed by atoms with Crippen molar-refractivity contribution in [1.82, 2.24) is 9.78 Å². The van der Waals surface area contributed by atoms with Crippen LogP contribution in [0.4, 0.5) is 0 Å². The van der Waals surface area contributed by atoms with Gasteiger partial charge in [0.05, 0.1) is 5.69 Å². The monoisotopic (exact) mass is 300 g/mol. The largest absolute Gasteiger partial charge is 0.481 e. The number of aromatic nitrogens is 2. The minimum Gasteiger partial charge on any atom is -0.481 e. The second kappa shape index (κ2) is 6.34. The third-order valence-corrected chi connectivity index (χ3v) is 4.14. The van der Waals surface area contributed by atoms with E-state index in [-0.39, 0.29) is 5.91 Å². The highest BCUT2D eigenvalue weighted by molar-refractivity contribution is 5.83. The van der Waals surface area contributed by atoms with Gasteiger partial charge in [-0.05, 0) is 69.9 Å². The van der Waals surface area contributed by atoms with Crippen LogP contribution in [0, 0.1) is 27.7 Å². The molecule has 0 fully saturated rings. The van der Waals surface area contributed by atoms with Crippen LogP contribution in [0.3, 0.4) is 0 Å². The van der Waals surface area contributed by atoms with Crippen LogP contribution in [0.15, 0.2) is 18.2 Å². The minimum absolute atomic E-state index is 0.140. The molecule has 1 unspecified atom stereocenters. The molecule has 0 amide bonds. The molecule has 1 atom stereocenters. The highest BCUT2D eigenvalue weighted by atomic mass is 16.5. The minimum atomic E-state index is -0.579. The third-order valence-electron chi connectivity index (χ3n) is 4.14. The first-order valence-electron chi connectivity index (χ1n) is 7.68. The number of hydrogen-bond donors (Lipinski definition) is 0. The number of hydrogen-bond acceptors (Lipinski definition) is 3. The number of aryl methyl sites for hydroxylation is 3. The van der Waals surface area contributed by atoms with Gasteiger partial charge in [0.2, 0.25) is 0 Å². The summed E-state index contributed by atoms with van der Waals surface area (Å²) >= 11 is 0. The Morgan fingerprint density at radius 3 is 2.45 bits per heavy atom. The van der Waals surface area contributed by atoms with Crippen molar-refractivity contribution >= 4 is 5.91 Å². The van der Waals surface area contributed by atoms with Gasteiger partial charge < -0.3 is 4.74 Å². The Bertz CT molecular complexity index is 701. The zero-order valence-electron chi connectivity index (χ0n) is 14.2. The molecule has 1 aromatic carbocycles. The predicted molar refractivity (Wildman–Crippen MR) is 87.7 cm³/mol. The molecule has 0 N–H and O–H groups in total. The van der Waals surface area contributed by atoms with Gasteiger partial charge in [0.25, 0.3) is 5.91 Å². The fourth-order valence-electron chi connectivity index (χ4n) is 2.62. The Morgan fingerprint density at radius 1 is 1.23 bits per heavy atom. The summed E-state index contributed by atoms with van der Waals surface area (Å²) in [6.45, 7) is 11.8. The average molecular weight is 300 g/mol. The van der Waals surface area contributed by atoms with E-state index in [0.29, 0.717) is 5.75 Å². The molecule has 4 heteroatoms. The molecule has 0 aliphatic heterocycles. The summed E-state index contributed by atoms with van der Waals surface area (Å²) in [5.41, 5.74) is 5.30. The van der Waals surface area contributed by atoms with Crippen LogP contribution in [0.2, 0.25) is 0 Å². The van der Waals surface area contributed by atoms with E-state index in [2.05, 4.69) is 18.9 Å². The van der Waals surface area contributed by atoms with E-state index in [4.69, 9.17) is 4.74 Å². The third kappa shape index (κ3) is 3.06. The van der Waals surface area contributed by atoms with E-state index in [1.165, 1.54) is 10.2 Å².